The Morgan fingerprint density at radius 2 is 1.32 bits per heavy atom. The molecule has 1 rings (SSSR count). The molecule has 40 heavy (non-hydrogen) atoms. The Bertz CT molecular complexity index is 1030. The van der Waals surface area contributed by atoms with Gasteiger partial charge in [0.25, 0.3) is 0 Å². The van der Waals surface area contributed by atoms with E-state index in [1.807, 2.05) is 6.92 Å². The van der Waals surface area contributed by atoms with Gasteiger partial charge < -0.3 is 39.3 Å². The van der Waals surface area contributed by atoms with Gasteiger partial charge in [0.15, 0.2) is 11.5 Å². The maximum Gasteiger partial charge on any atom is 0.514 e. The molecule has 226 valence electrons. The summed E-state index contributed by atoms with van der Waals surface area (Å²) in [6.45, 7) is 15.1. The third kappa shape index (κ3) is 13.0. The Kier molecular flexibility index (Phi) is 12.7. The number of rotatable bonds is 11. The van der Waals surface area contributed by atoms with Gasteiger partial charge in [-0.3, -0.25) is 4.79 Å². The van der Waals surface area contributed by atoms with Crippen LogP contribution < -0.4 is 15.2 Å². The molecule has 0 heterocycles. The van der Waals surface area contributed by atoms with Crippen molar-refractivity contribution in [2.24, 2.45) is 5.73 Å². The molecule has 12 heteroatoms. The highest BCUT2D eigenvalue weighted by Crippen LogP contribution is 2.35. The van der Waals surface area contributed by atoms with Crippen molar-refractivity contribution in [1.29, 1.82) is 0 Å². The van der Waals surface area contributed by atoms with E-state index in [4.69, 9.17) is 34.2 Å². The zero-order chi connectivity index (χ0) is 30.8. The summed E-state index contributed by atoms with van der Waals surface area (Å²) in [6, 6.07) is 2.66. The number of aliphatic carboxylic acids is 1. The first kappa shape index (κ1) is 34.5. The van der Waals surface area contributed by atoms with E-state index in [-0.39, 0.29) is 24.0 Å². The van der Waals surface area contributed by atoms with Gasteiger partial charge in [0.2, 0.25) is 0 Å². The molecule has 0 radical (unpaired) electrons. The second kappa shape index (κ2) is 14.7. The van der Waals surface area contributed by atoms with Crippen molar-refractivity contribution in [3.63, 3.8) is 0 Å². The van der Waals surface area contributed by atoms with Crippen molar-refractivity contribution in [1.82, 2.24) is 0 Å². The molecule has 4 atom stereocenters. The van der Waals surface area contributed by atoms with E-state index in [9.17, 15) is 24.3 Å². The van der Waals surface area contributed by atoms with Crippen molar-refractivity contribution < 1.29 is 52.7 Å². The van der Waals surface area contributed by atoms with Crippen LogP contribution in [0.5, 0.6) is 11.5 Å². The monoisotopic (exact) mass is 569 g/mol. The van der Waals surface area contributed by atoms with Crippen LogP contribution >= 0.6 is 0 Å². The molecule has 0 aliphatic carbocycles. The summed E-state index contributed by atoms with van der Waals surface area (Å²) in [7, 11) is 0. The van der Waals surface area contributed by atoms with Crippen LogP contribution in [0.1, 0.15) is 93.1 Å². The molecular formula is C28H43NO11. The maximum atomic E-state index is 12.4. The van der Waals surface area contributed by atoms with E-state index in [0.29, 0.717) is 12.0 Å². The Balaban J connectivity index is 3.34. The number of nitrogens with two attached hydrogens (primary N) is 1. The number of hydrogen-bond acceptors (Lipinski definition) is 11. The van der Waals surface area contributed by atoms with Crippen LogP contribution in [0.15, 0.2) is 18.2 Å². The molecule has 0 bridgehead atoms. The van der Waals surface area contributed by atoms with E-state index < -0.39 is 53.7 Å². The van der Waals surface area contributed by atoms with E-state index >= 15 is 0 Å². The van der Waals surface area contributed by atoms with Gasteiger partial charge in [-0.15, -0.1) is 0 Å². The van der Waals surface area contributed by atoms with Gasteiger partial charge in [-0.25, -0.2) is 14.4 Å². The smallest absolute Gasteiger partial charge is 0.480 e. The molecule has 0 spiro atoms. The molecule has 0 fully saturated rings. The first-order chi connectivity index (χ1) is 18.3. The topological polar surface area (TPSA) is 170 Å². The SMILES string of the molecule is CCCC(C)OC(=O)OC(C)CC(c1ccc(OC(=O)OC(C)(C)C)c(OC(=O)OC(C)(C)C)c1)[C@H](N)C(=O)O. The number of carboxylic acid groups (broad SMARTS) is 1. The summed E-state index contributed by atoms with van der Waals surface area (Å²) in [5, 5.41) is 9.66. The standard InChI is InChI=1S/C28H43NO11/c1-10-11-16(2)35-24(32)36-17(3)14-19(22(29)23(30)31)18-12-13-20(37-25(33)39-27(4,5)6)21(15-18)38-26(34)40-28(7,8)9/h12-13,15-17,19,22H,10-11,14,29H2,1-9H3,(H,30,31)/t16?,17?,19?,22-/m0/s1. The summed E-state index contributed by atoms with van der Waals surface area (Å²) < 4.78 is 31.5. The van der Waals surface area contributed by atoms with Gasteiger partial charge in [0.1, 0.15) is 29.5 Å². The summed E-state index contributed by atoms with van der Waals surface area (Å²) >= 11 is 0. The molecule has 0 saturated carbocycles. The highest BCUT2D eigenvalue weighted by atomic mass is 16.8. The molecule has 0 saturated heterocycles. The number of ether oxygens (including phenoxy) is 6. The quantitative estimate of drug-likeness (QED) is 0.183. The van der Waals surface area contributed by atoms with Crippen LogP contribution in [0.4, 0.5) is 14.4 Å². The summed E-state index contributed by atoms with van der Waals surface area (Å²) in [5.41, 5.74) is 4.58. The molecule has 12 nitrogen and oxygen atoms in total. The lowest BCUT2D eigenvalue weighted by Crippen LogP contribution is -2.38. The first-order valence-electron chi connectivity index (χ1n) is 13.1. The highest BCUT2D eigenvalue weighted by molar-refractivity contribution is 5.75. The lowest BCUT2D eigenvalue weighted by Gasteiger charge is -2.26. The summed E-state index contributed by atoms with van der Waals surface area (Å²) in [5.74, 6) is -2.63. The highest BCUT2D eigenvalue weighted by Gasteiger charge is 2.31. The van der Waals surface area contributed by atoms with Gasteiger partial charge >= 0.3 is 24.4 Å². The van der Waals surface area contributed by atoms with Gasteiger partial charge in [0, 0.05) is 5.92 Å². The fraction of sp³-hybridized carbons (Fsp3) is 0.643. The lowest BCUT2D eigenvalue weighted by atomic mass is 9.87. The van der Waals surface area contributed by atoms with Gasteiger partial charge in [-0.1, -0.05) is 19.4 Å². The minimum absolute atomic E-state index is 0.0110. The average Bonchev–Trinajstić information content (AvgIpc) is 2.75. The van der Waals surface area contributed by atoms with Crippen molar-refractivity contribution in [3.05, 3.63) is 23.8 Å². The Hall–Kier alpha value is -3.54. The molecule has 3 N–H and O–H groups in total. The van der Waals surface area contributed by atoms with Crippen LogP contribution in [0, 0.1) is 0 Å². The number of carbonyl (C=O) groups excluding carboxylic acids is 3. The lowest BCUT2D eigenvalue weighted by molar-refractivity contribution is -0.139. The molecule has 0 aromatic heterocycles. The molecule has 0 aliphatic heterocycles. The minimum atomic E-state index is -1.42. The Morgan fingerprint density at radius 1 is 0.825 bits per heavy atom. The average molecular weight is 570 g/mol. The Labute approximate surface area is 235 Å². The van der Waals surface area contributed by atoms with Crippen molar-refractivity contribution in [2.75, 3.05) is 0 Å². The maximum absolute atomic E-state index is 12.4. The molecular weight excluding hydrogens is 526 g/mol. The van der Waals surface area contributed by atoms with Crippen LogP contribution in [0.2, 0.25) is 0 Å². The number of carboxylic acids is 1. The molecule has 1 aromatic rings. The number of hydrogen-bond donors (Lipinski definition) is 2. The zero-order valence-corrected chi connectivity index (χ0v) is 24.8. The van der Waals surface area contributed by atoms with E-state index in [1.54, 1.807) is 55.4 Å². The zero-order valence-electron chi connectivity index (χ0n) is 24.8. The summed E-state index contributed by atoms with van der Waals surface area (Å²) in [4.78, 5) is 48.8. The third-order valence-electron chi connectivity index (χ3n) is 5.16. The van der Waals surface area contributed by atoms with E-state index in [1.165, 1.54) is 18.2 Å². The largest absolute Gasteiger partial charge is 0.514 e. The fourth-order valence-electron chi connectivity index (χ4n) is 3.53. The molecule has 3 unspecified atom stereocenters. The van der Waals surface area contributed by atoms with Gasteiger partial charge in [-0.05, 0) is 85.9 Å². The first-order valence-corrected chi connectivity index (χ1v) is 13.1. The van der Waals surface area contributed by atoms with E-state index in [2.05, 4.69) is 0 Å². The van der Waals surface area contributed by atoms with E-state index in [0.717, 1.165) is 6.42 Å². The Morgan fingerprint density at radius 3 is 1.80 bits per heavy atom. The third-order valence-corrected chi connectivity index (χ3v) is 5.16. The van der Waals surface area contributed by atoms with Gasteiger partial charge in [0.05, 0.1) is 0 Å². The normalized spacial score (nSPS) is 14.7. The van der Waals surface area contributed by atoms with Crippen LogP contribution in [0.25, 0.3) is 0 Å². The molecule has 0 aliphatic rings. The minimum Gasteiger partial charge on any atom is -0.480 e. The van der Waals surface area contributed by atoms with Gasteiger partial charge in [-0.2, -0.15) is 0 Å². The van der Waals surface area contributed by atoms with Crippen molar-refractivity contribution >= 4 is 24.4 Å². The predicted molar refractivity (Wildman–Crippen MR) is 145 cm³/mol. The van der Waals surface area contributed by atoms with Crippen molar-refractivity contribution in [2.45, 2.75) is 117 Å². The second-order valence-electron chi connectivity index (χ2n) is 11.4. The fourth-order valence-corrected chi connectivity index (χ4v) is 3.53. The number of benzene rings is 1. The van der Waals surface area contributed by atoms with Crippen LogP contribution in [-0.2, 0) is 23.7 Å². The second-order valence-corrected chi connectivity index (χ2v) is 11.4. The van der Waals surface area contributed by atoms with Crippen LogP contribution in [-0.4, -0.2) is 59.0 Å². The molecule has 0 amide bonds. The van der Waals surface area contributed by atoms with Crippen molar-refractivity contribution in [3.8, 4) is 11.5 Å². The number of carbonyl (C=O) groups is 4. The summed E-state index contributed by atoms with van der Waals surface area (Å²) in [6.07, 6.45) is -2.68. The van der Waals surface area contributed by atoms with Crippen LogP contribution in [0.3, 0.4) is 0 Å². The molecule has 1 aromatic carbocycles. The predicted octanol–water partition coefficient (Wildman–Crippen LogP) is 5.93.